The van der Waals surface area contributed by atoms with Crippen molar-refractivity contribution in [1.82, 2.24) is 4.90 Å². The Morgan fingerprint density at radius 3 is 2.70 bits per heavy atom. The first kappa shape index (κ1) is 14.0. The third-order valence-corrected chi connectivity index (χ3v) is 3.54. The van der Waals surface area contributed by atoms with Crippen LogP contribution in [0.1, 0.15) is 24.9 Å². The molecule has 0 radical (unpaired) electrons. The molecule has 2 unspecified atom stereocenters. The van der Waals surface area contributed by atoms with Crippen LogP contribution in [0.15, 0.2) is 24.3 Å². The predicted molar refractivity (Wildman–Crippen MR) is 69.0 cm³/mol. The fourth-order valence-corrected chi connectivity index (χ4v) is 2.67. The third kappa shape index (κ3) is 2.22. The fraction of sp³-hybridized carbons (Fsp3) is 0.385. The maximum Gasteiger partial charge on any atom is 0.309 e. The van der Waals surface area contributed by atoms with E-state index in [1.807, 2.05) is 0 Å². The number of benzene rings is 1. The lowest BCUT2D eigenvalue weighted by molar-refractivity contribution is -0.386. The van der Waals surface area contributed by atoms with Crippen LogP contribution in [0.2, 0.25) is 0 Å². The Morgan fingerprint density at radius 1 is 1.50 bits per heavy atom. The lowest BCUT2D eigenvalue weighted by Crippen LogP contribution is -2.30. The molecule has 0 bridgehead atoms. The van der Waals surface area contributed by atoms with E-state index in [1.165, 1.54) is 23.1 Å². The summed E-state index contributed by atoms with van der Waals surface area (Å²) in [6.07, 6.45) is -0.125. The molecule has 2 atom stereocenters. The highest BCUT2D eigenvalue weighted by Crippen LogP contribution is 2.41. The number of hydrogen-bond donors (Lipinski definition) is 1. The molecule has 1 aliphatic rings. The zero-order valence-corrected chi connectivity index (χ0v) is 10.9. The van der Waals surface area contributed by atoms with Crippen LogP contribution in [0, 0.1) is 16.0 Å². The highest BCUT2D eigenvalue weighted by molar-refractivity contribution is 5.87. The van der Waals surface area contributed by atoms with Crippen LogP contribution < -0.4 is 0 Å². The smallest absolute Gasteiger partial charge is 0.309 e. The van der Waals surface area contributed by atoms with Crippen molar-refractivity contribution >= 4 is 17.6 Å². The first-order valence-corrected chi connectivity index (χ1v) is 6.23. The van der Waals surface area contributed by atoms with Crippen LogP contribution in [0.4, 0.5) is 5.69 Å². The number of nitrogens with zero attached hydrogens (tertiary/aromatic N) is 2. The molecule has 1 fully saturated rings. The number of hydrogen-bond acceptors (Lipinski definition) is 4. The van der Waals surface area contributed by atoms with Crippen molar-refractivity contribution in [2.24, 2.45) is 5.92 Å². The molecule has 7 heteroatoms. The van der Waals surface area contributed by atoms with Gasteiger partial charge in [-0.15, -0.1) is 0 Å². The van der Waals surface area contributed by atoms with Crippen molar-refractivity contribution in [2.75, 3.05) is 6.54 Å². The Kier molecular flexibility index (Phi) is 3.69. The number of nitro benzene ring substituents is 1. The number of aliphatic carboxylic acids is 1. The minimum atomic E-state index is -1.11. The molecule has 0 spiro atoms. The lowest BCUT2D eigenvalue weighted by atomic mass is 9.92. The van der Waals surface area contributed by atoms with Gasteiger partial charge in [0.25, 0.3) is 5.69 Å². The van der Waals surface area contributed by atoms with E-state index in [2.05, 4.69) is 0 Å². The van der Waals surface area contributed by atoms with E-state index in [1.54, 1.807) is 13.0 Å². The van der Waals surface area contributed by atoms with Crippen LogP contribution in [-0.4, -0.2) is 33.4 Å². The second-order valence-electron chi connectivity index (χ2n) is 4.59. The fourth-order valence-electron chi connectivity index (χ4n) is 2.67. The minimum Gasteiger partial charge on any atom is -0.481 e. The number of likely N-dealkylation sites (tertiary alicyclic amines) is 1. The number of rotatable bonds is 4. The van der Waals surface area contributed by atoms with E-state index in [0.717, 1.165) is 0 Å². The Morgan fingerprint density at radius 2 is 2.15 bits per heavy atom. The van der Waals surface area contributed by atoms with Crippen LogP contribution in [0.3, 0.4) is 0 Å². The standard InChI is InChI=1S/C13H14N2O5/c1-2-14-11(16)7-9(13(17)18)12(14)8-5-3-4-6-10(8)15(19)20/h3-6,9,12H,2,7H2,1H3,(H,17,18). The number of carbonyl (C=O) groups is 2. The monoisotopic (exact) mass is 278 g/mol. The first-order chi connectivity index (χ1) is 9.47. The lowest BCUT2D eigenvalue weighted by Gasteiger charge is -2.25. The molecule has 0 aliphatic carbocycles. The van der Waals surface area contributed by atoms with Gasteiger partial charge in [0.05, 0.1) is 22.4 Å². The number of carbonyl (C=O) groups excluding carboxylic acids is 1. The molecule has 1 N–H and O–H groups in total. The second kappa shape index (κ2) is 5.28. The van der Waals surface area contributed by atoms with Crippen molar-refractivity contribution in [1.29, 1.82) is 0 Å². The van der Waals surface area contributed by atoms with Crippen molar-refractivity contribution in [3.05, 3.63) is 39.9 Å². The van der Waals surface area contributed by atoms with Gasteiger partial charge in [-0.2, -0.15) is 0 Å². The van der Waals surface area contributed by atoms with Gasteiger partial charge in [0.15, 0.2) is 0 Å². The van der Waals surface area contributed by atoms with E-state index in [-0.39, 0.29) is 23.6 Å². The molecule has 106 valence electrons. The van der Waals surface area contributed by atoms with Crippen molar-refractivity contribution in [3.8, 4) is 0 Å². The summed E-state index contributed by atoms with van der Waals surface area (Å²) >= 11 is 0. The summed E-state index contributed by atoms with van der Waals surface area (Å²) < 4.78 is 0. The van der Waals surface area contributed by atoms with Gasteiger partial charge in [0.1, 0.15) is 0 Å². The molecular weight excluding hydrogens is 264 g/mol. The summed E-state index contributed by atoms with van der Waals surface area (Å²) in [4.78, 5) is 35.1. The first-order valence-electron chi connectivity index (χ1n) is 6.23. The van der Waals surface area contributed by atoms with Gasteiger partial charge in [0.2, 0.25) is 5.91 Å². The molecule has 2 rings (SSSR count). The zero-order chi connectivity index (χ0) is 14.9. The van der Waals surface area contributed by atoms with E-state index in [0.29, 0.717) is 6.54 Å². The largest absolute Gasteiger partial charge is 0.481 e. The highest BCUT2D eigenvalue weighted by atomic mass is 16.6. The maximum atomic E-state index is 11.9. The molecule has 1 aromatic rings. The third-order valence-electron chi connectivity index (χ3n) is 3.54. The summed E-state index contributed by atoms with van der Waals surface area (Å²) in [5, 5.41) is 20.3. The summed E-state index contributed by atoms with van der Waals surface area (Å²) in [5.74, 6) is -2.36. The van der Waals surface area contributed by atoms with Crippen LogP contribution >= 0.6 is 0 Å². The number of nitro groups is 1. The highest BCUT2D eigenvalue weighted by Gasteiger charge is 2.46. The average Bonchev–Trinajstić information content (AvgIpc) is 2.75. The minimum absolute atomic E-state index is 0.125. The van der Waals surface area contributed by atoms with Gasteiger partial charge in [-0.25, -0.2) is 0 Å². The van der Waals surface area contributed by atoms with Crippen LogP contribution in [-0.2, 0) is 9.59 Å². The average molecular weight is 278 g/mol. The SMILES string of the molecule is CCN1C(=O)CC(C(=O)O)C1c1ccccc1[N+](=O)[O-]. The number of amides is 1. The second-order valence-corrected chi connectivity index (χ2v) is 4.59. The van der Waals surface area contributed by atoms with Crippen molar-refractivity contribution in [3.63, 3.8) is 0 Å². The molecule has 0 aromatic heterocycles. The topological polar surface area (TPSA) is 101 Å². The zero-order valence-electron chi connectivity index (χ0n) is 10.9. The van der Waals surface area contributed by atoms with E-state index < -0.39 is 22.9 Å². The van der Waals surface area contributed by atoms with Crippen LogP contribution in [0.5, 0.6) is 0 Å². The quantitative estimate of drug-likeness (QED) is 0.665. The predicted octanol–water partition coefficient (Wildman–Crippen LogP) is 1.59. The van der Waals surface area contributed by atoms with Gasteiger partial charge in [0, 0.05) is 19.0 Å². The van der Waals surface area contributed by atoms with Crippen LogP contribution in [0.25, 0.3) is 0 Å². The van der Waals surface area contributed by atoms with Gasteiger partial charge < -0.3 is 10.0 Å². The summed E-state index contributed by atoms with van der Waals surface area (Å²) in [6.45, 7) is 2.04. The van der Waals surface area contributed by atoms with E-state index in [4.69, 9.17) is 0 Å². The van der Waals surface area contributed by atoms with Crippen molar-refractivity contribution in [2.45, 2.75) is 19.4 Å². The molecule has 1 aromatic carbocycles. The van der Waals surface area contributed by atoms with Gasteiger partial charge in [-0.05, 0) is 6.92 Å². The number of carboxylic acid groups (broad SMARTS) is 1. The van der Waals surface area contributed by atoms with Gasteiger partial charge in [-0.3, -0.25) is 19.7 Å². The molecule has 1 aliphatic heterocycles. The Balaban J connectivity index is 2.54. The van der Waals surface area contributed by atoms with E-state index >= 15 is 0 Å². The molecule has 20 heavy (non-hydrogen) atoms. The molecule has 1 amide bonds. The van der Waals surface area contributed by atoms with Gasteiger partial charge >= 0.3 is 5.97 Å². The summed E-state index contributed by atoms with van der Waals surface area (Å²) in [7, 11) is 0. The number of carboxylic acids is 1. The number of para-hydroxylation sites is 1. The Labute approximate surface area is 115 Å². The molecular formula is C13H14N2O5. The van der Waals surface area contributed by atoms with Crippen molar-refractivity contribution < 1.29 is 19.6 Å². The Hall–Kier alpha value is -2.44. The maximum absolute atomic E-state index is 11.9. The molecule has 0 saturated carbocycles. The summed E-state index contributed by atoms with van der Waals surface area (Å²) in [5.41, 5.74) is 0.120. The normalized spacial score (nSPS) is 22.1. The molecule has 7 nitrogen and oxygen atoms in total. The molecule has 1 saturated heterocycles. The van der Waals surface area contributed by atoms with E-state index in [9.17, 15) is 24.8 Å². The van der Waals surface area contributed by atoms with Gasteiger partial charge in [-0.1, -0.05) is 18.2 Å². The Bertz CT molecular complexity index is 572. The summed E-state index contributed by atoms with van der Waals surface area (Å²) in [6, 6.07) is 5.18. The molecule has 1 heterocycles.